The summed E-state index contributed by atoms with van der Waals surface area (Å²) in [6.45, 7) is 1.14. The van der Waals surface area contributed by atoms with Crippen molar-refractivity contribution >= 4 is 11.8 Å². The summed E-state index contributed by atoms with van der Waals surface area (Å²) in [5.74, 6) is -0.0346. The highest BCUT2D eigenvalue weighted by Crippen LogP contribution is 2.29. The average molecular weight is 506 g/mol. The van der Waals surface area contributed by atoms with Crippen LogP contribution < -0.4 is 4.74 Å². The molecule has 0 unspecified atom stereocenters. The van der Waals surface area contributed by atoms with E-state index in [4.69, 9.17) is 14.2 Å². The lowest BCUT2D eigenvalue weighted by atomic mass is 9.93. The number of rotatable bonds is 2. The van der Waals surface area contributed by atoms with Gasteiger partial charge in [0, 0.05) is 53.1 Å². The van der Waals surface area contributed by atoms with Crippen molar-refractivity contribution in [2.24, 2.45) is 0 Å². The minimum atomic E-state index is -0.252. The van der Waals surface area contributed by atoms with Crippen LogP contribution in [0.15, 0.2) is 48.5 Å². The smallest absolute Gasteiger partial charge is 0.257 e. The van der Waals surface area contributed by atoms with Crippen molar-refractivity contribution < 1.29 is 23.8 Å². The molecule has 0 aliphatic carbocycles. The third kappa shape index (κ3) is 6.48. The predicted octanol–water partition coefficient (Wildman–Crippen LogP) is 3.61. The van der Waals surface area contributed by atoms with E-state index >= 15 is 0 Å². The van der Waals surface area contributed by atoms with E-state index < -0.39 is 0 Å². The van der Waals surface area contributed by atoms with Gasteiger partial charge in [0.2, 0.25) is 5.91 Å². The summed E-state index contributed by atoms with van der Waals surface area (Å²) in [5, 5.41) is 9.43. The van der Waals surface area contributed by atoms with E-state index in [2.05, 4.69) is 6.07 Å². The number of amides is 2. The Balaban J connectivity index is 1.68. The first-order chi connectivity index (χ1) is 17.9. The molecule has 0 radical (unpaired) electrons. The number of nitriles is 1. The van der Waals surface area contributed by atoms with Gasteiger partial charge in [-0.3, -0.25) is 9.59 Å². The van der Waals surface area contributed by atoms with Crippen LogP contribution >= 0.6 is 0 Å². The SMILES string of the molecule is CO[C@@H]1CC[C@H]2CCOc3ccc(C#N)cc3C(=O)N(C)C[C@H](c3ccccc3)CC(=O)N(C)C[C@@H]1O2. The van der Waals surface area contributed by atoms with Crippen molar-refractivity contribution in [3.05, 3.63) is 65.2 Å². The van der Waals surface area contributed by atoms with Crippen molar-refractivity contribution in [1.82, 2.24) is 9.80 Å². The molecular weight excluding hydrogens is 470 g/mol. The van der Waals surface area contributed by atoms with E-state index in [1.54, 1.807) is 49.2 Å². The minimum Gasteiger partial charge on any atom is -0.493 e. The lowest BCUT2D eigenvalue weighted by Gasteiger charge is -2.38. The van der Waals surface area contributed by atoms with Gasteiger partial charge in [0.15, 0.2) is 0 Å². The Bertz CT molecular complexity index is 1130. The molecule has 2 aromatic carbocycles. The maximum absolute atomic E-state index is 13.6. The third-order valence-corrected chi connectivity index (χ3v) is 7.31. The van der Waals surface area contributed by atoms with Crippen LogP contribution in [0.5, 0.6) is 5.75 Å². The van der Waals surface area contributed by atoms with Gasteiger partial charge in [0.05, 0.1) is 36.0 Å². The number of fused-ring (bicyclic) bond motifs is 3. The monoisotopic (exact) mass is 505 g/mol. The molecule has 4 atom stereocenters. The van der Waals surface area contributed by atoms with Crippen LogP contribution in [0.2, 0.25) is 0 Å². The van der Waals surface area contributed by atoms with Crippen LogP contribution in [0.4, 0.5) is 0 Å². The van der Waals surface area contributed by atoms with Gasteiger partial charge >= 0.3 is 0 Å². The Morgan fingerprint density at radius 3 is 2.51 bits per heavy atom. The number of ether oxygens (including phenoxy) is 3. The molecule has 2 heterocycles. The molecule has 8 heteroatoms. The lowest BCUT2D eigenvalue weighted by Crippen LogP contribution is -2.48. The summed E-state index contributed by atoms with van der Waals surface area (Å²) in [4.78, 5) is 30.3. The summed E-state index contributed by atoms with van der Waals surface area (Å²) >= 11 is 0. The highest BCUT2D eigenvalue weighted by atomic mass is 16.5. The lowest BCUT2D eigenvalue weighted by molar-refractivity contribution is -0.150. The van der Waals surface area contributed by atoms with Gasteiger partial charge in [-0.05, 0) is 36.6 Å². The highest BCUT2D eigenvalue weighted by molar-refractivity contribution is 5.97. The van der Waals surface area contributed by atoms with E-state index in [1.807, 2.05) is 30.3 Å². The van der Waals surface area contributed by atoms with Crippen molar-refractivity contribution in [2.75, 3.05) is 40.9 Å². The third-order valence-electron chi connectivity index (χ3n) is 7.31. The Morgan fingerprint density at radius 1 is 1.00 bits per heavy atom. The number of hydrogen-bond donors (Lipinski definition) is 0. The fourth-order valence-electron chi connectivity index (χ4n) is 5.14. The topological polar surface area (TPSA) is 92.1 Å². The van der Waals surface area contributed by atoms with E-state index in [0.717, 1.165) is 18.4 Å². The molecule has 196 valence electrons. The van der Waals surface area contributed by atoms with Crippen LogP contribution in [0, 0.1) is 11.3 Å². The van der Waals surface area contributed by atoms with Crippen molar-refractivity contribution in [3.63, 3.8) is 0 Å². The molecular formula is C29H35N3O5. The zero-order chi connectivity index (χ0) is 26.4. The molecule has 2 amide bonds. The summed E-state index contributed by atoms with van der Waals surface area (Å²) in [6.07, 6.45) is 2.21. The van der Waals surface area contributed by atoms with Gasteiger partial charge in [0.1, 0.15) is 11.9 Å². The van der Waals surface area contributed by atoms with Crippen LogP contribution in [0.1, 0.15) is 53.1 Å². The second kappa shape index (κ2) is 12.2. The first kappa shape index (κ1) is 26.6. The highest BCUT2D eigenvalue weighted by Gasteiger charge is 2.34. The number of carbonyl (C=O) groups excluding carboxylic acids is 2. The number of hydrogen-bond acceptors (Lipinski definition) is 6. The maximum atomic E-state index is 13.6. The molecule has 2 aliphatic rings. The van der Waals surface area contributed by atoms with Gasteiger partial charge in [0.25, 0.3) is 5.91 Å². The van der Waals surface area contributed by atoms with Crippen molar-refractivity contribution in [2.45, 2.75) is 49.9 Å². The van der Waals surface area contributed by atoms with Gasteiger partial charge in [-0.1, -0.05) is 30.3 Å². The normalized spacial score (nSPS) is 25.7. The summed E-state index contributed by atoms with van der Waals surface area (Å²) in [7, 11) is 5.20. The second-order valence-corrected chi connectivity index (χ2v) is 9.88. The van der Waals surface area contributed by atoms with E-state index in [-0.39, 0.29) is 42.5 Å². The number of likely N-dealkylation sites (N-methyl/N-ethyl adjacent to an activating group) is 2. The molecule has 8 nitrogen and oxygen atoms in total. The number of nitrogens with zero attached hydrogens (tertiary/aromatic N) is 3. The molecule has 0 N–H and O–H groups in total. The predicted molar refractivity (Wildman–Crippen MR) is 138 cm³/mol. The Hall–Kier alpha value is -3.41. The van der Waals surface area contributed by atoms with Crippen LogP contribution in [-0.2, 0) is 14.3 Å². The van der Waals surface area contributed by atoms with Crippen molar-refractivity contribution in [3.8, 4) is 11.8 Å². The summed E-state index contributed by atoms with van der Waals surface area (Å²) < 4.78 is 18.1. The molecule has 0 aromatic heterocycles. The van der Waals surface area contributed by atoms with Crippen LogP contribution in [0.3, 0.4) is 0 Å². The van der Waals surface area contributed by atoms with Gasteiger partial charge in [-0.15, -0.1) is 0 Å². The molecule has 37 heavy (non-hydrogen) atoms. The standard InChI is InChI=1S/C29H35N3O5/c1-31-19-27-26(35-3)12-10-23(37-27)13-14-36-25-11-9-20(17-30)15-24(25)29(34)32(2)18-22(16-28(31)33)21-7-5-4-6-8-21/h4-9,11,15,22-23,26-27H,10,12-14,16,18-19H2,1-3H3/t22-,23+,26-,27+/m1/s1. The maximum Gasteiger partial charge on any atom is 0.257 e. The molecule has 2 aromatic rings. The van der Waals surface area contributed by atoms with E-state index in [1.165, 1.54) is 0 Å². The first-order valence-electron chi connectivity index (χ1n) is 12.8. The molecule has 2 bridgehead atoms. The molecule has 1 saturated heterocycles. The van der Waals surface area contributed by atoms with Gasteiger partial charge < -0.3 is 24.0 Å². The van der Waals surface area contributed by atoms with Crippen LogP contribution in [-0.4, -0.2) is 80.8 Å². The number of methoxy groups -OCH3 is 1. The first-order valence-corrected chi connectivity index (χ1v) is 12.8. The zero-order valence-electron chi connectivity index (χ0n) is 21.8. The largest absolute Gasteiger partial charge is 0.493 e. The summed E-state index contributed by atoms with van der Waals surface area (Å²) in [6, 6.07) is 16.8. The van der Waals surface area contributed by atoms with Crippen molar-refractivity contribution in [1.29, 1.82) is 5.26 Å². The Labute approximate surface area is 218 Å². The van der Waals surface area contributed by atoms with Crippen LogP contribution in [0.25, 0.3) is 0 Å². The average Bonchev–Trinajstić information content (AvgIpc) is 2.92. The molecule has 1 fully saturated rings. The fourth-order valence-corrected chi connectivity index (χ4v) is 5.14. The zero-order valence-corrected chi connectivity index (χ0v) is 21.8. The second-order valence-electron chi connectivity index (χ2n) is 9.88. The van der Waals surface area contributed by atoms with E-state index in [0.29, 0.717) is 43.0 Å². The minimum absolute atomic E-state index is 0.0159. The molecule has 4 rings (SSSR count). The Morgan fingerprint density at radius 2 is 1.78 bits per heavy atom. The Kier molecular flexibility index (Phi) is 8.80. The molecule has 0 saturated carbocycles. The number of benzene rings is 2. The van der Waals surface area contributed by atoms with Gasteiger partial charge in [-0.25, -0.2) is 0 Å². The molecule has 2 aliphatic heterocycles. The van der Waals surface area contributed by atoms with Gasteiger partial charge in [-0.2, -0.15) is 5.26 Å². The quantitative estimate of drug-likeness (QED) is 0.619. The fraction of sp³-hybridized carbons (Fsp3) is 0.483. The number of carbonyl (C=O) groups is 2. The van der Waals surface area contributed by atoms with E-state index in [9.17, 15) is 14.9 Å². The summed E-state index contributed by atoms with van der Waals surface area (Å²) in [5.41, 5.74) is 1.71. The molecule has 0 spiro atoms.